The molecule has 0 spiro atoms. The van der Waals surface area contributed by atoms with Gasteiger partial charge in [0.1, 0.15) is 0 Å². The Balaban J connectivity index is 3.75. The minimum atomic E-state index is -0.299. The molecule has 4 heteroatoms. The summed E-state index contributed by atoms with van der Waals surface area (Å²) in [6.45, 7) is 6.81. The molecule has 0 aliphatic rings. The molecule has 0 aliphatic carbocycles. The normalized spacial score (nSPS) is 14.3. The number of primary amides is 1. The average molecular weight is 190 g/mol. The predicted molar refractivity (Wildman–Crippen MR) is 54.3 cm³/mol. The van der Waals surface area contributed by atoms with Crippen molar-refractivity contribution in [1.29, 1.82) is 0 Å². The van der Waals surface area contributed by atoms with Crippen molar-refractivity contribution >= 4 is 17.7 Å². The standard InChI is InChI=1S/C8H18N2OS/c1-6(7(9)11)10-5-8(2,3)12-4/h6,10H,5H2,1-4H3,(H2,9,11). The molecule has 0 saturated carbocycles. The maximum absolute atomic E-state index is 10.7. The predicted octanol–water partition coefficient (Wildman–Crippen LogP) is 0.591. The van der Waals surface area contributed by atoms with E-state index in [0.29, 0.717) is 0 Å². The number of hydrogen-bond donors (Lipinski definition) is 2. The zero-order valence-electron chi connectivity index (χ0n) is 8.18. The third-order valence-corrected chi connectivity index (χ3v) is 3.06. The molecule has 0 aromatic rings. The summed E-state index contributed by atoms with van der Waals surface area (Å²) in [6.07, 6.45) is 2.05. The van der Waals surface area contributed by atoms with Gasteiger partial charge in [-0.05, 0) is 27.0 Å². The van der Waals surface area contributed by atoms with Crippen LogP contribution in [0.15, 0.2) is 0 Å². The molecule has 1 amide bonds. The Morgan fingerprint density at radius 1 is 1.67 bits per heavy atom. The van der Waals surface area contributed by atoms with E-state index in [1.54, 1.807) is 18.7 Å². The smallest absolute Gasteiger partial charge is 0.234 e. The van der Waals surface area contributed by atoms with Gasteiger partial charge in [-0.3, -0.25) is 4.79 Å². The van der Waals surface area contributed by atoms with Crippen molar-refractivity contribution in [2.45, 2.75) is 31.6 Å². The summed E-state index contributed by atoms with van der Waals surface area (Å²) >= 11 is 1.77. The summed E-state index contributed by atoms with van der Waals surface area (Å²) in [7, 11) is 0. The molecule has 1 unspecified atom stereocenters. The number of hydrogen-bond acceptors (Lipinski definition) is 3. The van der Waals surface area contributed by atoms with Gasteiger partial charge in [-0.25, -0.2) is 0 Å². The van der Waals surface area contributed by atoms with E-state index in [4.69, 9.17) is 5.73 Å². The van der Waals surface area contributed by atoms with E-state index < -0.39 is 0 Å². The lowest BCUT2D eigenvalue weighted by atomic mass is 10.2. The first kappa shape index (κ1) is 11.8. The third-order valence-electron chi connectivity index (χ3n) is 1.81. The van der Waals surface area contributed by atoms with Gasteiger partial charge in [0.05, 0.1) is 6.04 Å². The highest BCUT2D eigenvalue weighted by atomic mass is 32.2. The van der Waals surface area contributed by atoms with Crippen LogP contribution in [0.5, 0.6) is 0 Å². The summed E-state index contributed by atoms with van der Waals surface area (Å²) in [5.74, 6) is -0.299. The van der Waals surface area contributed by atoms with Gasteiger partial charge in [-0.15, -0.1) is 0 Å². The second-order valence-electron chi connectivity index (χ2n) is 3.47. The van der Waals surface area contributed by atoms with E-state index in [9.17, 15) is 4.79 Å². The van der Waals surface area contributed by atoms with Crippen molar-refractivity contribution in [2.24, 2.45) is 5.73 Å². The van der Waals surface area contributed by atoms with Crippen LogP contribution in [0.25, 0.3) is 0 Å². The van der Waals surface area contributed by atoms with Gasteiger partial charge < -0.3 is 11.1 Å². The van der Waals surface area contributed by atoms with Gasteiger partial charge in [0, 0.05) is 11.3 Å². The monoisotopic (exact) mass is 190 g/mol. The van der Waals surface area contributed by atoms with Crippen molar-refractivity contribution in [2.75, 3.05) is 12.8 Å². The van der Waals surface area contributed by atoms with Crippen LogP contribution >= 0.6 is 11.8 Å². The Labute approximate surface area is 78.5 Å². The molecular weight excluding hydrogens is 172 g/mol. The highest BCUT2D eigenvalue weighted by molar-refractivity contribution is 7.99. The Morgan fingerprint density at radius 3 is 2.50 bits per heavy atom. The lowest BCUT2D eigenvalue weighted by molar-refractivity contribution is -0.119. The van der Waals surface area contributed by atoms with Crippen LogP contribution in [0.2, 0.25) is 0 Å². The second kappa shape index (κ2) is 4.72. The van der Waals surface area contributed by atoms with Crippen molar-refractivity contribution in [1.82, 2.24) is 5.32 Å². The SMILES string of the molecule is CSC(C)(C)CNC(C)C(N)=O. The number of thioether (sulfide) groups is 1. The largest absolute Gasteiger partial charge is 0.368 e. The molecule has 0 radical (unpaired) electrons. The average Bonchev–Trinajstić information content (AvgIpc) is 2.00. The molecule has 0 aromatic carbocycles. The van der Waals surface area contributed by atoms with Crippen molar-refractivity contribution in [3.05, 3.63) is 0 Å². The van der Waals surface area contributed by atoms with E-state index in [1.165, 1.54) is 0 Å². The molecule has 0 aliphatic heterocycles. The number of carbonyl (C=O) groups excluding carboxylic acids is 1. The minimum absolute atomic E-state index is 0.156. The molecule has 0 heterocycles. The Kier molecular flexibility index (Phi) is 4.63. The van der Waals surface area contributed by atoms with Crippen LogP contribution in [0, 0.1) is 0 Å². The quantitative estimate of drug-likeness (QED) is 0.667. The Morgan fingerprint density at radius 2 is 2.17 bits per heavy atom. The van der Waals surface area contributed by atoms with Gasteiger partial charge in [-0.1, -0.05) is 0 Å². The van der Waals surface area contributed by atoms with Gasteiger partial charge in [0.15, 0.2) is 0 Å². The van der Waals surface area contributed by atoms with Crippen molar-refractivity contribution < 1.29 is 4.79 Å². The summed E-state index contributed by atoms with van der Waals surface area (Å²) in [4.78, 5) is 10.7. The molecular formula is C8H18N2OS. The zero-order chi connectivity index (χ0) is 9.78. The first-order valence-corrected chi connectivity index (χ1v) is 5.19. The van der Waals surface area contributed by atoms with Crippen molar-refractivity contribution in [3.8, 4) is 0 Å². The van der Waals surface area contributed by atoms with Gasteiger partial charge >= 0.3 is 0 Å². The molecule has 1 atom stereocenters. The molecule has 0 bridgehead atoms. The second-order valence-corrected chi connectivity index (χ2v) is 4.98. The van der Waals surface area contributed by atoms with E-state index in [1.807, 2.05) is 0 Å². The molecule has 12 heavy (non-hydrogen) atoms. The van der Waals surface area contributed by atoms with Crippen LogP contribution in [0.1, 0.15) is 20.8 Å². The molecule has 0 saturated heterocycles. The fourth-order valence-corrected chi connectivity index (χ4v) is 0.799. The first-order valence-electron chi connectivity index (χ1n) is 3.97. The first-order chi connectivity index (χ1) is 5.39. The number of nitrogens with two attached hydrogens (primary N) is 1. The number of rotatable bonds is 5. The minimum Gasteiger partial charge on any atom is -0.368 e. The van der Waals surface area contributed by atoms with Crippen LogP contribution in [0.3, 0.4) is 0 Å². The molecule has 72 valence electrons. The van der Waals surface area contributed by atoms with Crippen LogP contribution in [-0.4, -0.2) is 29.5 Å². The maximum atomic E-state index is 10.7. The van der Waals surface area contributed by atoms with E-state index in [2.05, 4.69) is 25.4 Å². The summed E-state index contributed by atoms with van der Waals surface area (Å²) in [5.41, 5.74) is 5.10. The van der Waals surface area contributed by atoms with Crippen LogP contribution in [0.4, 0.5) is 0 Å². The highest BCUT2D eigenvalue weighted by Crippen LogP contribution is 2.19. The fourth-order valence-electron chi connectivity index (χ4n) is 0.572. The highest BCUT2D eigenvalue weighted by Gasteiger charge is 2.17. The zero-order valence-corrected chi connectivity index (χ0v) is 8.99. The lowest BCUT2D eigenvalue weighted by Gasteiger charge is -2.23. The maximum Gasteiger partial charge on any atom is 0.234 e. The third kappa shape index (κ3) is 4.62. The van der Waals surface area contributed by atoms with E-state index >= 15 is 0 Å². The van der Waals surface area contributed by atoms with Gasteiger partial charge in [0.2, 0.25) is 5.91 Å². The molecule has 0 aromatic heterocycles. The fraction of sp³-hybridized carbons (Fsp3) is 0.875. The van der Waals surface area contributed by atoms with Gasteiger partial charge in [0.25, 0.3) is 0 Å². The van der Waals surface area contributed by atoms with Crippen LogP contribution in [-0.2, 0) is 4.79 Å². The Hall–Kier alpha value is -0.220. The van der Waals surface area contributed by atoms with E-state index in [0.717, 1.165) is 6.54 Å². The number of amides is 1. The van der Waals surface area contributed by atoms with Gasteiger partial charge in [-0.2, -0.15) is 11.8 Å². The number of nitrogens with one attached hydrogen (secondary N) is 1. The summed E-state index contributed by atoms with van der Waals surface area (Å²) in [5, 5.41) is 3.08. The molecule has 0 rings (SSSR count). The van der Waals surface area contributed by atoms with E-state index in [-0.39, 0.29) is 16.7 Å². The number of carbonyl (C=O) groups is 1. The van der Waals surface area contributed by atoms with Crippen LogP contribution < -0.4 is 11.1 Å². The summed E-state index contributed by atoms with van der Waals surface area (Å²) < 4.78 is 0.156. The summed E-state index contributed by atoms with van der Waals surface area (Å²) in [6, 6.07) is -0.239. The van der Waals surface area contributed by atoms with Crippen molar-refractivity contribution in [3.63, 3.8) is 0 Å². The molecule has 3 nitrogen and oxygen atoms in total. The molecule has 3 N–H and O–H groups in total. The molecule has 0 fully saturated rings. The Bertz CT molecular complexity index is 159. The lowest BCUT2D eigenvalue weighted by Crippen LogP contribution is -2.44. The topological polar surface area (TPSA) is 55.1 Å².